The Labute approximate surface area is 189 Å². The zero-order valence-electron chi connectivity index (χ0n) is 16.4. The van der Waals surface area contributed by atoms with Gasteiger partial charge in [-0.1, -0.05) is 30.3 Å². The predicted octanol–water partition coefficient (Wildman–Crippen LogP) is 0.436. The van der Waals surface area contributed by atoms with E-state index in [0.717, 1.165) is 22.9 Å². The Morgan fingerprint density at radius 3 is 2.19 bits per heavy atom. The van der Waals surface area contributed by atoms with E-state index < -0.39 is 5.92 Å². The van der Waals surface area contributed by atoms with Gasteiger partial charge in [0.15, 0.2) is 0 Å². The molecule has 5 atom stereocenters. The number of aliphatic hydroxyl groups is 1. The smallest absolute Gasteiger partial charge is 0.461 e. The summed E-state index contributed by atoms with van der Waals surface area (Å²) in [5.74, 6) is -0.856. The number of benzene rings is 1. The number of halogens is 1. The van der Waals surface area contributed by atoms with E-state index in [0.29, 0.717) is 18.1 Å². The SMILES string of the molecule is Br.CC(C)[N+]1(C)[C@@H]2CC[C@H]1C[C@@H](OC(=O)C(CO)c1ccccc1)C2.[Na+]. The molecule has 4 nitrogen and oxygen atoms in total. The number of ether oxygens (including phenoxy) is 1. The first kappa shape index (κ1) is 24.1. The Morgan fingerprint density at radius 2 is 1.73 bits per heavy atom. The second-order valence-corrected chi connectivity index (χ2v) is 7.88. The molecule has 1 aromatic rings. The van der Waals surface area contributed by atoms with Gasteiger partial charge in [0.2, 0.25) is 0 Å². The molecule has 0 radical (unpaired) electrons. The molecule has 0 spiro atoms. The van der Waals surface area contributed by atoms with Gasteiger partial charge in [-0.05, 0) is 19.4 Å². The minimum atomic E-state index is -0.572. The number of carbonyl (C=O) groups excluding carboxylic acids is 1. The molecule has 2 aliphatic heterocycles. The number of aliphatic hydroxyl groups excluding tert-OH is 1. The normalized spacial score (nSPS) is 30.9. The molecule has 1 aromatic carbocycles. The van der Waals surface area contributed by atoms with Gasteiger partial charge in [-0.25, -0.2) is 0 Å². The quantitative estimate of drug-likeness (QED) is 0.414. The van der Waals surface area contributed by atoms with Crippen LogP contribution in [0.5, 0.6) is 0 Å². The Kier molecular flexibility index (Phi) is 9.31. The summed E-state index contributed by atoms with van der Waals surface area (Å²) in [6.07, 6.45) is 4.36. The van der Waals surface area contributed by atoms with Crippen LogP contribution >= 0.6 is 17.0 Å². The Bertz CT molecular complexity index is 570. The van der Waals surface area contributed by atoms with E-state index in [2.05, 4.69) is 20.9 Å². The van der Waals surface area contributed by atoms with E-state index >= 15 is 0 Å². The van der Waals surface area contributed by atoms with Crippen molar-refractivity contribution in [3.8, 4) is 0 Å². The number of quaternary nitrogens is 1. The predicted molar refractivity (Wildman–Crippen MR) is 104 cm³/mol. The molecule has 26 heavy (non-hydrogen) atoms. The van der Waals surface area contributed by atoms with Gasteiger partial charge in [-0.3, -0.25) is 4.79 Å². The zero-order valence-corrected chi connectivity index (χ0v) is 20.1. The van der Waals surface area contributed by atoms with Crippen molar-refractivity contribution in [2.24, 2.45) is 0 Å². The average Bonchev–Trinajstić information content (AvgIpc) is 2.74. The molecule has 6 heteroatoms. The van der Waals surface area contributed by atoms with Gasteiger partial charge in [-0.15, -0.1) is 17.0 Å². The maximum absolute atomic E-state index is 12.6. The summed E-state index contributed by atoms with van der Waals surface area (Å²) in [5.41, 5.74) is 0.826. The maximum atomic E-state index is 12.6. The van der Waals surface area contributed by atoms with Crippen LogP contribution in [-0.4, -0.2) is 53.4 Å². The zero-order chi connectivity index (χ0) is 17.3. The van der Waals surface area contributed by atoms with Crippen LogP contribution in [0.3, 0.4) is 0 Å². The largest absolute Gasteiger partial charge is 1.00 e. The van der Waals surface area contributed by atoms with Gasteiger partial charge >= 0.3 is 35.5 Å². The summed E-state index contributed by atoms with van der Waals surface area (Å²) in [5, 5.41) is 9.65. The summed E-state index contributed by atoms with van der Waals surface area (Å²) in [6, 6.07) is 11.2. The fourth-order valence-corrected chi connectivity index (χ4v) is 4.82. The van der Waals surface area contributed by atoms with E-state index in [1.165, 1.54) is 12.8 Å². The second-order valence-electron chi connectivity index (χ2n) is 7.88. The van der Waals surface area contributed by atoms with Crippen LogP contribution in [0, 0.1) is 0 Å². The summed E-state index contributed by atoms with van der Waals surface area (Å²) in [7, 11) is 2.37. The first-order valence-electron chi connectivity index (χ1n) is 9.18. The number of carbonyl (C=O) groups is 1. The first-order valence-corrected chi connectivity index (χ1v) is 9.18. The van der Waals surface area contributed by atoms with E-state index in [1.807, 2.05) is 30.3 Å². The van der Waals surface area contributed by atoms with E-state index in [9.17, 15) is 9.90 Å². The van der Waals surface area contributed by atoms with E-state index in [1.54, 1.807) is 0 Å². The van der Waals surface area contributed by atoms with Crippen LogP contribution in [0.4, 0.5) is 0 Å². The van der Waals surface area contributed by atoms with Crippen molar-refractivity contribution in [2.75, 3.05) is 13.7 Å². The molecule has 0 amide bonds. The first-order chi connectivity index (χ1) is 11.5. The number of esters is 1. The number of fused-ring (bicyclic) bond motifs is 2. The molecule has 2 bridgehead atoms. The number of rotatable bonds is 5. The van der Waals surface area contributed by atoms with Gasteiger partial charge in [0.05, 0.1) is 31.8 Å². The van der Waals surface area contributed by atoms with Crippen molar-refractivity contribution in [3.63, 3.8) is 0 Å². The van der Waals surface area contributed by atoms with Crippen LogP contribution in [-0.2, 0) is 9.53 Å². The number of hydrogen-bond donors (Lipinski definition) is 1. The molecule has 140 valence electrons. The molecule has 2 heterocycles. The van der Waals surface area contributed by atoms with Gasteiger partial charge in [0, 0.05) is 25.7 Å². The Morgan fingerprint density at radius 1 is 1.19 bits per heavy atom. The summed E-state index contributed by atoms with van der Waals surface area (Å²) in [4.78, 5) is 12.6. The summed E-state index contributed by atoms with van der Waals surface area (Å²) < 4.78 is 6.96. The van der Waals surface area contributed by atoms with Crippen LogP contribution in [0.2, 0.25) is 0 Å². The van der Waals surface area contributed by atoms with Crippen LogP contribution in [0.1, 0.15) is 51.0 Å². The number of piperidine rings is 1. The third kappa shape index (κ3) is 4.56. The molecule has 1 N–H and O–H groups in total. The van der Waals surface area contributed by atoms with Gasteiger partial charge in [-0.2, -0.15) is 0 Å². The number of hydrogen-bond acceptors (Lipinski definition) is 3. The van der Waals surface area contributed by atoms with Gasteiger partial charge in [0.1, 0.15) is 12.0 Å². The van der Waals surface area contributed by atoms with Crippen molar-refractivity contribution in [2.45, 2.75) is 69.7 Å². The van der Waals surface area contributed by atoms with Gasteiger partial charge < -0.3 is 14.3 Å². The molecule has 2 saturated heterocycles. The van der Waals surface area contributed by atoms with Crippen molar-refractivity contribution in [3.05, 3.63) is 35.9 Å². The average molecular weight is 436 g/mol. The standard InChI is InChI=1S/C20H30NO3.BrH.Na/c1-14(2)21(3)16-9-10-17(21)12-18(11-16)24-20(23)19(13-22)15-7-5-4-6-8-15;;/h4-8,14,16-19,22H,9-13H2,1-3H3;1H;/q+1;;+1/t16-,17+,18+,19?,21?;;. The molecular weight excluding hydrogens is 405 g/mol. The third-order valence-corrected chi connectivity index (χ3v) is 6.54. The van der Waals surface area contributed by atoms with Crippen molar-refractivity contribution in [1.82, 2.24) is 0 Å². The van der Waals surface area contributed by atoms with Crippen molar-refractivity contribution in [1.29, 1.82) is 0 Å². The van der Waals surface area contributed by atoms with E-state index in [4.69, 9.17) is 4.74 Å². The molecule has 0 aliphatic carbocycles. The fourth-order valence-electron chi connectivity index (χ4n) is 4.82. The van der Waals surface area contributed by atoms with Crippen LogP contribution < -0.4 is 29.6 Å². The monoisotopic (exact) mass is 435 g/mol. The number of nitrogens with zero attached hydrogens (tertiary/aromatic N) is 1. The third-order valence-electron chi connectivity index (χ3n) is 6.54. The summed E-state index contributed by atoms with van der Waals surface area (Å²) >= 11 is 0. The maximum Gasteiger partial charge on any atom is 1.00 e. The van der Waals surface area contributed by atoms with Crippen LogP contribution in [0.25, 0.3) is 0 Å². The molecule has 2 aliphatic rings. The molecular formula is C20H31BrNNaO3+2. The molecule has 3 rings (SSSR count). The van der Waals surface area contributed by atoms with Crippen molar-refractivity contribution < 1.29 is 48.7 Å². The Hall–Kier alpha value is 0.0900. The molecule has 0 aromatic heterocycles. The molecule has 2 unspecified atom stereocenters. The van der Waals surface area contributed by atoms with E-state index in [-0.39, 0.29) is 65.2 Å². The Balaban J connectivity index is 0.00000169. The fraction of sp³-hybridized carbons (Fsp3) is 0.650. The topological polar surface area (TPSA) is 46.5 Å². The molecule has 2 fully saturated rings. The van der Waals surface area contributed by atoms with Crippen LogP contribution in [0.15, 0.2) is 30.3 Å². The van der Waals surface area contributed by atoms with Crippen molar-refractivity contribution >= 4 is 23.0 Å². The molecule has 0 saturated carbocycles. The minimum absolute atomic E-state index is 0. The minimum Gasteiger partial charge on any atom is -0.461 e. The second kappa shape index (κ2) is 10.0. The summed E-state index contributed by atoms with van der Waals surface area (Å²) in [6.45, 7) is 4.39. The van der Waals surface area contributed by atoms with Gasteiger partial charge in [0.25, 0.3) is 0 Å².